The summed E-state index contributed by atoms with van der Waals surface area (Å²) >= 11 is 0. The maximum absolute atomic E-state index is 6.66. The third-order valence-electron chi connectivity index (χ3n) is 9.39. The van der Waals surface area contributed by atoms with E-state index in [1.807, 2.05) is 0 Å². The Morgan fingerprint density at radius 1 is 0.326 bits per heavy atom. The van der Waals surface area contributed by atoms with Crippen molar-refractivity contribution in [3.8, 4) is 44.5 Å². The fourth-order valence-electron chi connectivity index (χ4n) is 7.30. The van der Waals surface area contributed by atoms with Gasteiger partial charge in [0.15, 0.2) is 0 Å². The van der Waals surface area contributed by atoms with E-state index in [4.69, 9.17) is 4.42 Å². The first-order valence-corrected chi connectivity index (χ1v) is 15.9. The highest BCUT2D eigenvalue weighted by atomic mass is 16.3. The number of hydrogen-bond acceptors (Lipinski definition) is 1. The molecule has 0 saturated heterocycles. The molecule has 0 radical (unpaired) electrons. The van der Waals surface area contributed by atoms with Gasteiger partial charge in [-0.2, -0.15) is 0 Å². The van der Waals surface area contributed by atoms with Gasteiger partial charge in [-0.15, -0.1) is 0 Å². The largest absolute Gasteiger partial charge is 0.456 e. The van der Waals surface area contributed by atoms with Gasteiger partial charge in [0.05, 0.1) is 0 Å². The minimum atomic E-state index is 0.902. The Balaban J connectivity index is 1.30. The fourth-order valence-corrected chi connectivity index (χ4v) is 7.30. The molecule has 0 aliphatic carbocycles. The summed E-state index contributed by atoms with van der Waals surface area (Å²) in [6, 6.07) is 58.8. The van der Waals surface area contributed by atoms with Gasteiger partial charge in [-0.25, -0.2) is 0 Å². The molecule has 0 atom stereocenters. The van der Waals surface area contributed by atoms with E-state index in [1.165, 1.54) is 71.4 Å². The number of aryl methyl sites for hydroxylation is 1. The summed E-state index contributed by atoms with van der Waals surface area (Å²) in [7, 11) is 0. The van der Waals surface area contributed by atoms with Crippen LogP contribution in [0.25, 0.3) is 88.0 Å². The molecule has 1 nitrogen and oxygen atoms in total. The molecule has 1 aromatic heterocycles. The van der Waals surface area contributed by atoms with Crippen LogP contribution in [0.3, 0.4) is 0 Å². The Morgan fingerprint density at radius 3 is 1.50 bits per heavy atom. The van der Waals surface area contributed by atoms with Gasteiger partial charge in [0.1, 0.15) is 11.2 Å². The molecular weight excluding hydrogens is 556 g/mol. The zero-order valence-corrected chi connectivity index (χ0v) is 25.5. The Bertz CT molecular complexity index is 2520. The van der Waals surface area contributed by atoms with Crippen molar-refractivity contribution >= 4 is 43.5 Å². The van der Waals surface area contributed by atoms with E-state index < -0.39 is 0 Å². The molecule has 0 spiro atoms. The molecule has 0 fully saturated rings. The van der Waals surface area contributed by atoms with Gasteiger partial charge in [0.25, 0.3) is 0 Å². The summed E-state index contributed by atoms with van der Waals surface area (Å²) in [4.78, 5) is 0. The fraction of sp³-hybridized carbons (Fsp3) is 0.0222. The maximum Gasteiger partial charge on any atom is 0.136 e. The third kappa shape index (κ3) is 4.17. The smallest absolute Gasteiger partial charge is 0.136 e. The second-order valence-corrected chi connectivity index (χ2v) is 12.1. The number of furan rings is 1. The average molecular weight is 587 g/mol. The van der Waals surface area contributed by atoms with Gasteiger partial charge in [0, 0.05) is 10.8 Å². The van der Waals surface area contributed by atoms with E-state index >= 15 is 0 Å². The predicted octanol–water partition coefficient (Wildman–Crippen LogP) is 12.9. The first-order valence-electron chi connectivity index (χ1n) is 15.9. The lowest BCUT2D eigenvalue weighted by Crippen LogP contribution is -1.93. The maximum atomic E-state index is 6.66. The van der Waals surface area contributed by atoms with Crippen molar-refractivity contribution in [2.75, 3.05) is 0 Å². The quantitative estimate of drug-likeness (QED) is 0.187. The second kappa shape index (κ2) is 10.6. The summed E-state index contributed by atoms with van der Waals surface area (Å²) in [6.07, 6.45) is 0. The molecule has 0 unspecified atom stereocenters. The van der Waals surface area contributed by atoms with Gasteiger partial charge in [0.2, 0.25) is 0 Å². The van der Waals surface area contributed by atoms with Crippen molar-refractivity contribution in [2.45, 2.75) is 6.92 Å². The molecule has 8 aromatic carbocycles. The Hall–Kier alpha value is -5.92. The van der Waals surface area contributed by atoms with Crippen LogP contribution in [-0.4, -0.2) is 0 Å². The van der Waals surface area contributed by atoms with E-state index in [9.17, 15) is 0 Å². The summed E-state index contributed by atoms with van der Waals surface area (Å²) in [5, 5.41) is 7.32. The minimum Gasteiger partial charge on any atom is -0.456 e. The van der Waals surface area contributed by atoms with E-state index in [-0.39, 0.29) is 0 Å². The monoisotopic (exact) mass is 586 g/mol. The van der Waals surface area contributed by atoms with Gasteiger partial charge in [-0.3, -0.25) is 0 Å². The molecule has 1 heterocycles. The van der Waals surface area contributed by atoms with E-state index in [0.29, 0.717) is 0 Å². The molecule has 46 heavy (non-hydrogen) atoms. The Labute approximate surface area is 268 Å². The number of fused-ring (bicyclic) bond motifs is 5. The van der Waals surface area contributed by atoms with Crippen molar-refractivity contribution in [1.29, 1.82) is 0 Å². The summed E-state index contributed by atoms with van der Waals surface area (Å²) in [5.41, 5.74) is 12.8. The number of rotatable bonds is 4. The SMILES string of the molecule is Cc1ccc2oc3cc(-c4cccc(-c5ccccc5)c4)ccc3c2c1-c1c2ccccc2c(-c2ccccc2)c2ccccc12. The molecule has 0 bridgehead atoms. The standard InChI is InChI=1S/C45H30O/c1-29-23-26-40-45(39-25-24-34(28-41(39)46-40)33-18-12-17-32(27-33)30-13-4-2-5-14-30)42(29)44-37-21-10-8-19-35(37)43(31-15-6-3-7-16-31)36-20-9-11-22-38(36)44/h2-28H,1H3. The molecule has 0 aliphatic heterocycles. The average Bonchev–Trinajstić information content (AvgIpc) is 3.50. The van der Waals surface area contributed by atoms with Crippen LogP contribution in [0.2, 0.25) is 0 Å². The summed E-state index contributed by atoms with van der Waals surface area (Å²) < 4.78 is 6.66. The minimum absolute atomic E-state index is 0.902. The molecule has 0 N–H and O–H groups in total. The molecular formula is C45H30O. The lowest BCUT2D eigenvalue weighted by Gasteiger charge is -2.19. The first kappa shape index (κ1) is 26.5. The van der Waals surface area contributed by atoms with Gasteiger partial charge >= 0.3 is 0 Å². The van der Waals surface area contributed by atoms with Crippen molar-refractivity contribution in [3.63, 3.8) is 0 Å². The summed E-state index contributed by atoms with van der Waals surface area (Å²) in [6.45, 7) is 2.23. The van der Waals surface area contributed by atoms with Crippen molar-refractivity contribution in [2.24, 2.45) is 0 Å². The zero-order valence-electron chi connectivity index (χ0n) is 25.5. The van der Waals surface area contributed by atoms with E-state index in [2.05, 4.69) is 171 Å². The lowest BCUT2D eigenvalue weighted by molar-refractivity contribution is 0.669. The normalized spacial score (nSPS) is 11.6. The molecule has 216 valence electrons. The van der Waals surface area contributed by atoms with Gasteiger partial charge in [-0.1, -0.05) is 140 Å². The van der Waals surface area contributed by atoms with Gasteiger partial charge in [-0.05, 0) is 103 Å². The second-order valence-electron chi connectivity index (χ2n) is 12.1. The highest BCUT2D eigenvalue weighted by Gasteiger charge is 2.22. The highest BCUT2D eigenvalue weighted by molar-refractivity contribution is 6.26. The molecule has 0 amide bonds. The van der Waals surface area contributed by atoms with Crippen LogP contribution in [0.15, 0.2) is 168 Å². The summed E-state index contributed by atoms with van der Waals surface area (Å²) in [5.74, 6) is 0. The van der Waals surface area contributed by atoms with Crippen molar-refractivity contribution in [3.05, 3.63) is 169 Å². The van der Waals surface area contributed by atoms with Crippen LogP contribution < -0.4 is 0 Å². The molecule has 0 aliphatic rings. The molecule has 1 heteroatoms. The van der Waals surface area contributed by atoms with Crippen molar-refractivity contribution in [1.82, 2.24) is 0 Å². The Kier molecular flexibility index (Phi) is 6.11. The van der Waals surface area contributed by atoms with Crippen LogP contribution in [0.4, 0.5) is 0 Å². The molecule has 9 aromatic rings. The van der Waals surface area contributed by atoms with Crippen LogP contribution in [-0.2, 0) is 0 Å². The zero-order chi connectivity index (χ0) is 30.6. The predicted molar refractivity (Wildman–Crippen MR) is 195 cm³/mol. The van der Waals surface area contributed by atoms with Crippen LogP contribution in [0.1, 0.15) is 5.56 Å². The lowest BCUT2D eigenvalue weighted by atomic mass is 9.83. The van der Waals surface area contributed by atoms with Gasteiger partial charge < -0.3 is 4.42 Å². The third-order valence-corrected chi connectivity index (χ3v) is 9.39. The molecule has 0 saturated carbocycles. The van der Waals surface area contributed by atoms with Crippen molar-refractivity contribution < 1.29 is 4.42 Å². The van der Waals surface area contributed by atoms with E-state index in [1.54, 1.807) is 0 Å². The molecule has 9 rings (SSSR count). The van der Waals surface area contributed by atoms with Crippen LogP contribution >= 0.6 is 0 Å². The number of benzene rings is 8. The van der Waals surface area contributed by atoms with E-state index in [0.717, 1.165) is 22.1 Å². The number of hydrogen-bond donors (Lipinski definition) is 0. The van der Waals surface area contributed by atoms with Crippen LogP contribution in [0.5, 0.6) is 0 Å². The topological polar surface area (TPSA) is 13.1 Å². The van der Waals surface area contributed by atoms with Crippen LogP contribution in [0, 0.1) is 6.92 Å². The first-order chi connectivity index (χ1) is 22.7. The highest BCUT2D eigenvalue weighted by Crippen LogP contribution is 2.48. The Morgan fingerprint density at radius 2 is 0.848 bits per heavy atom.